The second kappa shape index (κ2) is 8.65. The molecule has 0 atom stereocenters. The second-order valence-corrected chi connectivity index (χ2v) is 5.45. The molecule has 0 aliphatic rings. The Hall–Kier alpha value is -1.91. The molecular weight excluding hydrogens is 335 g/mol. The molecule has 0 bridgehead atoms. The van der Waals surface area contributed by atoms with E-state index in [1.807, 2.05) is 31.2 Å². The predicted molar refractivity (Wildman–Crippen MR) is 95.1 cm³/mol. The number of hydrogen-bond donors (Lipinski definition) is 1. The Morgan fingerprint density at radius 2 is 1.87 bits per heavy atom. The first-order chi connectivity index (χ1) is 11.2. The molecule has 0 radical (unpaired) electrons. The third kappa shape index (κ3) is 4.78. The largest absolute Gasteiger partial charge is 0.493 e. The minimum absolute atomic E-state index is 0.448. The van der Waals surface area contributed by atoms with Crippen molar-refractivity contribution in [2.24, 2.45) is 5.10 Å². The summed E-state index contributed by atoms with van der Waals surface area (Å²) in [7, 11) is 1.61. The van der Waals surface area contributed by atoms with Gasteiger partial charge in [-0.1, -0.05) is 29.3 Å². The first kappa shape index (κ1) is 17.4. The van der Waals surface area contributed by atoms with Crippen molar-refractivity contribution in [1.82, 2.24) is 5.43 Å². The summed E-state index contributed by atoms with van der Waals surface area (Å²) in [5.74, 6) is 1.38. The zero-order valence-corrected chi connectivity index (χ0v) is 14.5. The van der Waals surface area contributed by atoms with E-state index in [1.54, 1.807) is 25.5 Å². The molecule has 6 heteroatoms. The highest BCUT2D eigenvalue weighted by Crippen LogP contribution is 2.27. The van der Waals surface area contributed by atoms with Gasteiger partial charge in [-0.3, -0.25) is 0 Å². The highest BCUT2D eigenvalue weighted by molar-refractivity contribution is 6.35. The molecule has 0 aliphatic carbocycles. The molecule has 0 aliphatic heterocycles. The smallest absolute Gasteiger partial charge is 0.161 e. The highest BCUT2D eigenvalue weighted by atomic mass is 35.5. The number of methoxy groups -OCH3 is 1. The van der Waals surface area contributed by atoms with Gasteiger partial charge in [-0.05, 0) is 42.8 Å². The van der Waals surface area contributed by atoms with E-state index in [9.17, 15) is 0 Å². The minimum Gasteiger partial charge on any atom is -0.493 e. The Kier molecular flexibility index (Phi) is 6.56. The molecular formula is C17H18Cl2N2O2. The highest BCUT2D eigenvalue weighted by Gasteiger charge is 2.05. The second-order valence-electron chi connectivity index (χ2n) is 4.64. The summed E-state index contributed by atoms with van der Waals surface area (Å²) in [6, 6.07) is 11.0. The van der Waals surface area contributed by atoms with Crippen LogP contribution in [-0.2, 0) is 6.54 Å². The average Bonchev–Trinajstić information content (AvgIpc) is 2.54. The summed E-state index contributed by atoms with van der Waals surface area (Å²) in [6.45, 7) is 2.94. The van der Waals surface area contributed by atoms with Gasteiger partial charge < -0.3 is 14.9 Å². The molecule has 0 fully saturated rings. The topological polar surface area (TPSA) is 42.8 Å². The van der Waals surface area contributed by atoms with Gasteiger partial charge in [0, 0.05) is 15.6 Å². The SMILES string of the molecule is CCOc1cc(/C=N/NCc2c(Cl)cccc2Cl)ccc1OC. The number of nitrogens with zero attached hydrogens (tertiary/aromatic N) is 1. The van der Waals surface area contributed by atoms with Crippen molar-refractivity contribution in [3.05, 3.63) is 57.6 Å². The van der Waals surface area contributed by atoms with Gasteiger partial charge in [-0.25, -0.2) is 0 Å². The number of halogens is 2. The normalized spacial score (nSPS) is 10.8. The quantitative estimate of drug-likeness (QED) is 0.588. The van der Waals surface area contributed by atoms with Crippen LogP contribution in [0.5, 0.6) is 11.5 Å². The van der Waals surface area contributed by atoms with E-state index in [0.29, 0.717) is 34.7 Å². The lowest BCUT2D eigenvalue weighted by Crippen LogP contribution is -2.06. The molecule has 23 heavy (non-hydrogen) atoms. The Labute approximate surface area is 146 Å². The molecule has 2 rings (SSSR count). The van der Waals surface area contributed by atoms with Crippen LogP contribution >= 0.6 is 23.2 Å². The zero-order chi connectivity index (χ0) is 16.7. The van der Waals surface area contributed by atoms with Crippen molar-refractivity contribution in [3.63, 3.8) is 0 Å². The van der Waals surface area contributed by atoms with Crippen LogP contribution in [0.3, 0.4) is 0 Å². The predicted octanol–water partition coefficient (Wildman–Crippen LogP) is 4.52. The summed E-state index contributed by atoms with van der Waals surface area (Å²) in [6.07, 6.45) is 1.70. The van der Waals surface area contributed by atoms with Crippen molar-refractivity contribution < 1.29 is 9.47 Å². The van der Waals surface area contributed by atoms with E-state index in [1.165, 1.54) is 0 Å². The fourth-order valence-electron chi connectivity index (χ4n) is 1.99. The molecule has 0 aromatic heterocycles. The lowest BCUT2D eigenvalue weighted by atomic mass is 10.2. The lowest BCUT2D eigenvalue weighted by molar-refractivity contribution is 0.311. The van der Waals surface area contributed by atoms with Gasteiger partial charge in [0.05, 0.1) is 26.5 Å². The average molecular weight is 353 g/mol. The summed E-state index contributed by atoms with van der Waals surface area (Å²) in [4.78, 5) is 0. The van der Waals surface area contributed by atoms with E-state index >= 15 is 0 Å². The number of benzene rings is 2. The lowest BCUT2D eigenvalue weighted by Gasteiger charge is -2.09. The van der Waals surface area contributed by atoms with Crippen molar-refractivity contribution in [1.29, 1.82) is 0 Å². The summed E-state index contributed by atoms with van der Waals surface area (Å²) < 4.78 is 10.8. The summed E-state index contributed by atoms with van der Waals surface area (Å²) in [5.41, 5.74) is 4.65. The molecule has 0 unspecified atom stereocenters. The van der Waals surface area contributed by atoms with Crippen LogP contribution in [0.2, 0.25) is 10.0 Å². The van der Waals surface area contributed by atoms with Gasteiger partial charge in [0.15, 0.2) is 11.5 Å². The van der Waals surface area contributed by atoms with E-state index in [0.717, 1.165) is 11.1 Å². The first-order valence-electron chi connectivity index (χ1n) is 7.15. The van der Waals surface area contributed by atoms with Gasteiger partial charge in [0.1, 0.15) is 0 Å². The van der Waals surface area contributed by atoms with E-state index in [-0.39, 0.29) is 0 Å². The number of hydrazone groups is 1. The van der Waals surface area contributed by atoms with Gasteiger partial charge in [-0.15, -0.1) is 0 Å². The first-order valence-corrected chi connectivity index (χ1v) is 7.91. The zero-order valence-electron chi connectivity index (χ0n) is 13.0. The Balaban J connectivity index is 2.02. The van der Waals surface area contributed by atoms with Crippen LogP contribution in [0.15, 0.2) is 41.5 Å². The van der Waals surface area contributed by atoms with Crippen LogP contribution in [0, 0.1) is 0 Å². The van der Waals surface area contributed by atoms with Crippen LogP contribution in [0.4, 0.5) is 0 Å². The van der Waals surface area contributed by atoms with Gasteiger partial charge >= 0.3 is 0 Å². The third-order valence-corrected chi connectivity index (χ3v) is 3.82. The van der Waals surface area contributed by atoms with Crippen molar-refractivity contribution in [2.45, 2.75) is 13.5 Å². The van der Waals surface area contributed by atoms with E-state index in [2.05, 4.69) is 10.5 Å². The molecule has 0 amide bonds. The van der Waals surface area contributed by atoms with Crippen LogP contribution < -0.4 is 14.9 Å². The standard InChI is InChI=1S/C17H18Cl2N2O2/c1-3-23-17-9-12(7-8-16(17)22-2)10-20-21-11-13-14(18)5-4-6-15(13)19/h4-10,21H,3,11H2,1-2H3/b20-10+. The number of nitrogens with one attached hydrogen (secondary N) is 1. The third-order valence-electron chi connectivity index (χ3n) is 3.11. The molecule has 0 saturated carbocycles. The number of rotatable bonds is 7. The Bertz CT molecular complexity index is 670. The van der Waals surface area contributed by atoms with Gasteiger partial charge in [-0.2, -0.15) is 5.10 Å². The Morgan fingerprint density at radius 1 is 1.13 bits per heavy atom. The fraction of sp³-hybridized carbons (Fsp3) is 0.235. The molecule has 4 nitrogen and oxygen atoms in total. The van der Waals surface area contributed by atoms with Gasteiger partial charge in [0.25, 0.3) is 0 Å². The maximum Gasteiger partial charge on any atom is 0.161 e. The maximum atomic E-state index is 6.11. The number of ether oxygens (including phenoxy) is 2. The van der Waals surface area contributed by atoms with Crippen molar-refractivity contribution in [2.75, 3.05) is 13.7 Å². The van der Waals surface area contributed by atoms with Crippen molar-refractivity contribution in [3.8, 4) is 11.5 Å². The molecule has 122 valence electrons. The number of hydrogen-bond acceptors (Lipinski definition) is 4. The molecule has 0 spiro atoms. The molecule has 1 N–H and O–H groups in total. The van der Waals surface area contributed by atoms with Gasteiger partial charge in [0.2, 0.25) is 0 Å². The van der Waals surface area contributed by atoms with E-state index in [4.69, 9.17) is 32.7 Å². The van der Waals surface area contributed by atoms with Crippen LogP contribution in [0.1, 0.15) is 18.1 Å². The molecule has 2 aromatic rings. The summed E-state index contributed by atoms with van der Waals surface area (Å²) >= 11 is 12.2. The van der Waals surface area contributed by atoms with E-state index < -0.39 is 0 Å². The Morgan fingerprint density at radius 3 is 2.52 bits per heavy atom. The fourth-order valence-corrected chi connectivity index (χ4v) is 2.52. The maximum absolute atomic E-state index is 6.11. The van der Waals surface area contributed by atoms with Crippen LogP contribution in [0.25, 0.3) is 0 Å². The van der Waals surface area contributed by atoms with Crippen molar-refractivity contribution >= 4 is 29.4 Å². The molecule has 0 heterocycles. The minimum atomic E-state index is 0.448. The van der Waals surface area contributed by atoms with Crippen LogP contribution in [-0.4, -0.2) is 19.9 Å². The molecule has 2 aromatic carbocycles. The molecule has 0 saturated heterocycles. The summed E-state index contributed by atoms with van der Waals surface area (Å²) in [5, 5.41) is 5.42. The monoisotopic (exact) mass is 352 g/mol.